The first-order valence-electron chi connectivity index (χ1n) is 5.40. The van der Waals surface area contributed by atoms with Gasteiger partial charge in [-0.2, -0.15) is 0 Å². The fourth-order valence-electron chi connectivity index (χ4n) is 2.01. The van der Waals surface area contributed by atoms with Crippen LogP contribution in [0.4, 0.5) is 0 Å². The molecule has 0 bridgehead atoms. The number of aliphatic hydroxyl groups excluding tert-OH is 1. The van der Waals surface area contributed by atoms with Crippen LogP contribution < -0.4 is 5.32 Å². The SMILES string of the molecule is CCC1CN(CCO)C(CC)CN1. The van der Waals surface area contributed by atoms with Crippen LogP contribution >= 0.6 is 0 Å². The van der Waals surface area contributed by atoms with E-state index >= 15 is 0 Å². The van der Waals surface area contributed by atoms with Crippen LogP contribution in [0, 0.1) is 0 Å². The molecule has 0 saturated carbocycles. The fraction of sp³-hybridized carbons (Fsp3) is 1.00. The summed E-state index contributed by atoms with van der Waals surface area (Å²) in [6, 6.07) is 1.24. The summed E-state index contributed by atoms with van der Waals surface area (Å²) in [7, 11) is 0. The lowest BCUT2D eigenvalue weighted by atomic mass is 10.1. The third-order valence-corrected chi connectivity index (χ3v) is 2.96. The Morgan fingerprint density at radius 1 is 1.38 bits per heavy atom. The van der Waals surface area contributed by atoms with Crippen LogP contribution in [0.25, 0.3) is 0 Å². The van der Waals surface area contributed by atoms with Gasteiger partial charge in [0.05, 0.1) is 6.61 Å². The number of nitrogens with one attached hydrogen (secondary N) is 1. The van der Waals surface area contributed by atoms with Crippen LogP contribution in [0.5, 0.6) is 0 Å². The van der Waals surface area contributed by atoms with E-state index in [0.717, 1.165) is 19.6 Å². The van der Waals surface area contributed by atoms with Crippen molar-refractivity contribution in [3.05, 3.63) is 0 Å². The van der Waals surface area contributed by atoms with Crippen molar-refractivity contribution in [2.24, 2.45) is 0 Å². The van der Waals surface area contributed by atoms with Gasteiger partial charge in [-0.3, -0.25) is 4.90 Å². The summed E-state index contributed by atoms with van der Waals surface area (Å²) in [6.45, 7) is 7.71. The van der Waals surface area contributed by atoms with Crippen molar-refractivity contribution >= 4 is 0 Å². The smallest absolute Gasteiger partial charge is 0.0558 e. The van der Waals surface area contributed by atoms with Crippen LogP contribution in [0.3, 0.4) is 0 Å². The van der Waals surface area contributed by atoms with Crippen LogP contribution in [0.1, 0.15) is 26.7 Å². The zero-order valence-electron chi connectivity index (χ0n) is 8.79. The molecule has 1 saturated heterocycles. The monoisotopic (exact) mass is 186 g/mol. The first-order chi connectivity index (χ1) is 6.31. The Kier molecular flexibility index (Phi) is 4.70. The van der Waals surface area contributed by atoms with Gasteiger partial charge in [0.25, 0.3) is 0 Å². The van der Waals surface area contributed by atoms with Crippen LogP contribution in [-0.2, 0) is 0 Å². The van der Waals surface area contributed by atoms with Gasteiger partial charge in [0.15, 0.2) is 0 Å². The molecule has 3 nitrogen and oxygen atoms in total. The van der Waals surface area contributed by atoms with E-state index in [9.17, 15) is 0 Å². The molecular weight excluding hydrogens is 164 g/mol. The minimum absolute atomic E-state index is 0.285. The van der Waals surface area contributed by atoms with Gasteiger partial charge in [-0.25, -0.2) is 0 Å². The third-order valence-electron chi connectivity index (χ3n) is 2.96. The summed E-state index contributed by atoms with van der Waals surface area (Å²) in [5, 5.41) is 12.5. The van der Waals surface area contributed by atoms with E-state index in [-0.39, 0.29) is 6.61 Å². The number of rotatable bonds is 4. The van der Waals surface area contributed by atoms with Crippen molar-refractivity contribution in [1.29, 1.82) is 0 Å². The van der Waals surface area contributed by atoms with Gasteiger partial charge < -0.3 is 10.4 Å². The lowest BCUT2D eigenvalue weighted by Crippen LogP contribution is -2.56. The number of hydrogen-bond acceptors (Lipinski definition) is 3. The molecule has 1 aliphatic heterocycles. The minimum atomic E-state index is 0.285. The maximum absolute atomic E-state index is 8.93. The first-order valence-corrected chi connectivity index (χ1v) is 5.40. The Bertz CT molecular complexity index is 141. The van der Waals surface area contributed by atoms with E-state index < -0.39 is 0 Å². The van der Waals surface area contributed by atoms with Crippen LogP contribution in [-0.4, -0.2) is 48.3 Å². The van der Waals surface area contributed by atoms with Gasteiger partial charge in [0.1, 0.15) is 0 Å². The molecule has 1 aliphatic rings. The van der Waals surface area contributed by atoms with Gasteiger partial charge in [-0.05, 0) is 12.8 Å². The molecule has 0 aliphatic carbocycles. The highest BCUT2D eigenvalue weighted by Gasteiger charge is 2.24. The standard InChI is InChI=1S/C10H22N2O/c1-3-9-8-12(5-6-13)10(4-2)7-11-9/h9-11,13H,3-8H2,1-2H3. The molecule has 0 amide bonds. The van der Waals surface area contributed by atoms with Crippen molar-refractivity contribution in [3.8, 4) is 0 Å². The predicted octanol–water partition coefficient (Wildman–Crippen LogP) is 0.441. The largest absolute Gasteiger partial charge is 0.395 e. The third kappa shape index (κ3) is 2.93. The number of β-amino-alcohol motifs (C(OH)–C–C–N with tert-alkyl or cyclic N) is 1. The summed E-state index contributed by atoms with van der Waals surface area (Å²) >= 11 is 0. The molecule has 13 heavy (non-hydrogen) atoms. The summed E-state index contributed by atoms with van der Waals surface area (Å²) in [5.41, 5.74) is 0. The second kappa shape index (κ2) is 5.58. The topological polar surface area (TPSA) is 35.5 Å². The molecule has 1 rings (SSSR count). The van der Waals surface area contributed by atoms with Crippen molar-refractivity contribution < 1.29 is 5.11 Å². The van der Waals surface area contributed by atoms with Gasteiger partial charge >= 0.3 is 0 Å². The van der Waals surface area contributed by atoms with Gasteiger partial charge in [0, 0.05) is 31.7 Å². The summed E-state index contributed by atoms with van der Waals surface area (Å²) in [4.78, 5) is 2.41. The van der Waals surface area contributed by atoms with Crippen LogP contribution in [0.15, 0.2) is 0 Å². The molecule has 0 aromatic carbocycles. The summed E-state index contributed by atoms with van der Waals surface area (Å²) < 4.78 is 0. The average Bonchev–Trinajstić information content (AvgIpc) is 2.18. The molecule has 0 aromatic rings. The van der Waals surface area contributed by atoms with E-state index in [0.29, 0.717) is 12.1 Å². The quantitative estimate of drug-likeness (QED) is 0.669. The van der Waals surface area contributed by atoms with Crippen molar-refractivity contribution in [2.75, 3.05) is 26.2 Å². The molecule has 1 heterocycles. The van der Waals surface area contributed by atoms with Gasteiger partial charge in [0.2, 0.25) is 0 Å². The zero-order chi connectivity index (χ0) is 9.68. The Morgan fingerprint density at radius 3 is 2.69 bits per heavy atom. The molecule has 78 valence electrons. The number of aliphatic hydroxyl groups is 1. The maximum atomic E-state index is 8.93. The highest BCUT2D eigenvalue weighted by atomic mass is 16.3. The van der Waals surface area contributed by atoms with E-state index in [1.165, 1.54) is 12.8 Å². The highest BCUT2D eigenvalue weighted by Crippen LogP contribution is 2.10. The lowest BCUT2D eigenvalue weighted by molar-refractivity contribution is 0.100. The predicted molar refractivity (Wildman–Crippen MR) is 54.8 cm³/mol. The summed E-state index contributed by atoms with van der Waals surface area (Å²) in [5.74, 6) is 0. The molecule has 0 radical (unpaired) electrons. The lowest BCUT2D eigenvalue weighted by Gasteiger charge is -2.39. The Morgan fingerprint density at radius 2 is 2.15 bits per heavy atom. The normalized spacial score (nSPS) is 30.7. The highest BCUT2D eigenvalue weighted by molar-refractivity contribution is 4.84. The molecule has 1 fully saturated rings. The van der Waals surface area contributed by atoms with Crippen LogP contribution in [0.2, 0.25) is 0 Å². The number of nitrogens with zero attached hydrogens (tertiary/aromatic N) is 1. The Balaban J connectivity index is 2.42. The van der Waals surface area contributed by atoms with E-state index in [2.05, 4.69) is 24.1 Å². The van der Waals surface area contributed by atoms with Crippen molar-refractivity contribution in [1.82, 2.24) is 10.2 Å². The Hall–Kier alpha value is -0.120. The Labute approximate surface area is 81.1 Å². The molecular formula is C10H22N2O. The second-order valence-corrected chi connectivity index (χ2v) is 3.79. The maximum Gasteiger partial charge on any atom is 0.0558 e. The molecule has 2 atom stereocenters. The van der Waals surface area contributed by atoms with E-state index in [1.807, 2.05) is 0 Å². The van der Waals surface area contributed by atoms with E-state index in [4.69, 9.17) is 5.11 Å². The van der Waals surface area contributed by atoms with Gasteiger partial charge in [-0.1, -0.05) is 13.8 Å². The number of hydrogen-bond donors (Lipinski definition) is 2. The van der Waals surface area contributed by atoms with Gasteiger partial charge in [-0.15, -0.1) is 0 Å². The second-order valence-electron chi connectivity index (χ2n) is 3.79. The molecule has 3 heteroatoms. The van der Waals surface area contributed by atoms with Crippen molar-refractivity contribution in [3.63, 3.8) is 0 Å². The average molecular weight is 186 g/mol. The zero-order valence-corrected chi connectivity index (χ0v) is 8.79. The molecule has 0 aromatic heterocycles. The molecule has 0 spiro atoms. The first kappa shape index (κ1) is 11.0. The fourth-order valence-corrected chi connectivity index (χ4v) is 2.01. The molecule has 2 unspecified atom stereocenters. The minimum Gasteiger partial charge on any atom is -0.395 e. The summed E-state index contributed by atoms with van der Waals surface area (Å²) in [6.07, 6.45) is 2.35. The molecule has 2 N–H and O–H groups in total. The van der Waals surface area contributed by atoms with Crippen molar-refractivity contribution in [2.45, 2.75) is 38.8 Å². The number of piperazine rings is 1. The van der Waals surface area contributed by atoms with E-state index in [1.54, 1.807) is 0 Å².